The number of hydrogen-bond donors (Lipinski definition) is 2. The zero-order valence-electron chi connectivity index (χ0n) is 11.3. The molecule has 2 aromatic carbocycles. The summed E-state index contributed by atoms with van der Waals surface area (Å²) in [5, 5.41) is 2.62. The summed E-state index contributed by atoms with van der Waals surface area (Å²) in [6.07, 6.45) is 0.900. The highest BCUT2D eigenvalue weighted by molar-refractivity contribution is 5.91. The van der Waals surface area contributed by atoms with Gasteiger partial charge in [0.1, 0.15) is 5.82 Å². The van der Waals surface area contributed by atoms with Crippen molar-refractivity contribution in [2.75, 3.05) is 11.1 Å². The smallest absolute Gasteiger partial charge is 0.224 e. The van der Waals surface area contributed by atoms with Crippen molar-refractivity contribution in [3.8, 4) is 0 Å². The number of nitrogens with two attached hydrogens (primary N) is 1. The maximum absolute atomic E-state index is 13.6. The Labute approximate surface area is 117 Å². The van der Waals surface area contributed by atoms with Crippen LogP contribution in [0.5, 0.6) is 0 Å². The number of anilines is 2. The minimum absolute atomic E-state index is 0.199. The Bertz CT molecular complexity index is 588. The quantitative estimate of drug-likeness (QED) is 0.839. The first kappa shape index (κ1) is 14.1. The minimum atomic E-state index is -0.411. The molecule has 0 radical (unpaired) electrons. The summed E-state index contributed by atoms with van der Waals surface area (Å²) >= 11 is 0. The Hall–Kier alpha value is -2.36. The van der Waals surface area contributed by atoms with Crippen molar-refractivity contribution in [2.45, 2.75) is 19.8 Å². The van der Waals surface area contributed by atoms with E-state index >= 15 is 0 Å². The summed E-state index contributed by atoms with van der Waals surface area (Å²) in [6.45, 7) is 1.76. The van der Waals surface area contributed by atoms with Gasteiger partial charge in [-0.15, -0.1) is 0 Å². The van der Waals surface area contributed by atoms with E-state index in [2.05, 4.69) is 5.32 Å². The Kier molecular flexibility index (Phi) is 4.35. The molecular weight excluding hydrogens is 255 g/mol. The molecule has 3 N–H and O–H groups in total. The molecule has 0 aliphatic heterocycles. The lowest BCUT2D eigenvalue weighted by molar-refractivity contribution is -0.116. The van der Waals surface area contributed by atoms with Gasteiger partial charge in [-0.1, -0.05) is 24.3 Å². The van der Waals surface area contributed by atoms with Crippen LogP contribution in [-0.4, -0.2) is 5.91 Å². The minimum Gasteiger partial charge on any atom is -0.399 e. The molecule has 2 rings (SSSR count). The summed E-state index contributed by atoms with van der Waals surface area (Å²) in [6, 6.07) is 12.1. The molecule has 2 aromatic rings. The lowest BCUT2D eigenvalue weighted by atomic mass is 10.1. The number of amides is 1. The Morgan fingerprint density at radius 1 is 1.20 bits per heavy atom. The van der Waals surface area contributed by atoms with Crippen molar-refractivity contribution in [1.82, 2.24) is 0 Å². The molecule has 3 nitrogen and oxygen atoms in total. The fourth-order valence-electron chi connectivity index (χ4n) is 1.93. The maximum atomic E-state index is 13.6. The molecule has 0 atom stereocenters. The van der Waals surface area contributed by atoms with Crippen molar-refractivity contribution in [3.05, 3.63) is 59.4 Å². The number of para-hydroxylation sites is 1. The van der Waals surface area contributed by atoms with Gasteiger partial charge in [0.15, 0.2) is 0 Å². The van der Waals surface area contributed by atoms with Crippen LogP contribution in [0.2, 0.25) is 0 Å². The van der Waals surface area contributed by atoms with Gasteiger partial charge in [-0.25, -0.2) is 4.39 Å². The van der Waals surface area contributed by atoms with Crippen LogP contribution < -0.4 is 11.1 Å². The first-order valence-corrected chi connectivity index (χ1v) is 6.45. The van der Waals surface area contributed by atoms with Crippen LogP contribution in [0.15, 0.2) is 42.5 Å². The average molecular weight is 272 g/mol. The van der Waals surface area contributed by atoms with E-state index in [1.807, 2.05) is 12.1 Å². The van der Waals surface area contributed by atoms with Crippen molar-refractivity contribution < 1.29 is 9.18 Å². The van der Waals surface area contributed by atoms with Gasteiger partial charge in [-0.3, -0.25) is 4.79 Å². The second-order valence-corrected chi connectivity index (χ2v) is 4.72. The molecule has 1 amide bonds. The van der Waals surface area contributed by atoms with E-state index in [0.717, 1.165) is 5.56 Å². The second-order valence-electron chi connectivity index (χ2n) is 4.72. The lowest BCUT2D eigenvalue weighted by Gasteiger charge is -2.09. The largest absolute Gasteiger partial charge is 0.399 e. The first-order valence-electron chi connectivity index (χ1n) is 6.45. The van der Waals surface area contributed by atoms with Crippen LogP contribution >= 0.6 is 0 Å². The predicted octanol–water partition coefficient (Wildman–Crippen LogP) is 3.29. The summed E-state index contributed by atoms with van der Waals surface area (Å²) in [7, 11) is 0. The van der Waals surface area contributed by atoms with E-state index in [1.54, 1.807) is 31.2 Å². The zero-order chi connectivity index (χ0) is 14.5. The van der Waals surface area contributed by atoms with Crippen LogP contribution in [0.3, 0.4) is 0 Å². The van der Waals surface area contributed by atoms with Crippen LogP contribution in [-0.2, 0) is 11.2 Å². The summed E-state index contributed by atoms with van der Waals surface area (Å²) < 4.78 is 13.6. The molecular formula is C16H17FN2O. The number of nitrogens with one attached hydrogen (secondary N) is 1. The zero-order valence-corrected chi connectivity index (χ0v) is 11.3. The van der Waals surface area contributed by atoms with Gasteiger partial charge in [0.25, 0.3) is 0 Å². The third-order valence-electron chi connectivity index (χ3n) is 3.11. The van der Waals surface area contributed by atoms with E-state index in [4.69, 9.17) is 5.73 Å². The first-order chi connectivity index (χ1) is 9.56. The number of halogens is 1. The van der Waals surface area contributed by atoms with E-state index < -0.39 is 5.82 Å². The summed E-state index contributed by atoms with van der Waals surface area (Å²) in [5.74, 6) is -0.610. The number of benzene rings is 2. The Balaban J connectivity index is 1.94. The molecule has 0 heterocycles. The molecule has 0 unspecified atom stereocenters. The molecule has 0 spiro atoms. The average Bonchev–Trinajstić information content (AvgIpc) is 2.42. The van der Waals surface area contributed by atoms with Crippen LogP contribution in [0.4, 0.5) is 15.8 Å². The Morgan fingerprint density at radius 2 is 1.90 bits per heavy atom. The monoisotopic (exact) mass is 272 g/mol. The van der Waals surface area contributed by atoms with Gasteiger partial charge < -0.3 is 11.1 Å². The lowest BCUT2D eigenvalue weighted by Crippen LogP contribution is -2.14. The molecule has 20 heavy (non-hydrogen) atoms. The normalized spacial score (nSPS) is 10.3. The van der Waals surface area contributed by atoms with E-state index in [9.17, 15) is 9.18 Å². The fraction of sp³-hybridized carbons (Fsp3) is 0.188. The van der Waals surface area contributed by atoms with E-state index in [1.165, 1.54) is 6.07 Å². The van der Waals surface area contributed by atoms with E-state index in [-0.39, 0.29) is 11.6 Å². The highest BCUT2D eigenvalue weighted by Gasteiger charge is 2.09. The van der Waals surface area contributed by atoms with Gasteiger partial charge >= 0.3 is 0 Å². The third-order valence-corrected chi connectivity index (χ3v) is 3.11. The highest BCUT2D eigenvalue weighted by atomic mass is 19.1. The standard InChI is InChI=1S/C16H17FN2O/c1-11-3-2-4-14(17)16(11)19-15(20)10-7-12-5-8-13(18)9-6-12/h2-6,8-9H,7,10,18H2,1H3,(H,19,20). The highest BCUT2D eigenvalue weighted by Crippen LogP contribution is 2.19. The number of carbonyl (C=O) groups is 1. The molecule has 0 aromatic heterocycles. The molecule has 0 aliphatic carbocycles. The van der Waals surface area contributed by atoms with Gasteiger partial charge in [0, 0.05) is 12.1 Å². The number of rotatable bonds is 4. The fourth-order valence-corrected chi connectivity index (χ4v) is 1.93. The Morgan fingerprint density at radius 3 is 2.55 bits per heavy atom. The summed E-state index contributed by atoms with van der Waals surface area (Å²) in [4.78, 5) is 11.9. The predicted molar refractivity (Wildman–Crippen MR) is 78.9 cm³/mol. The maximum Gasteiger partial charge on any atom is 0.224 e. The van der Waals surface area contributed by atoms with E-state index in [0.29, 0.717) is 24.1 Å². The topological polar surface area (TPSA) is 55.1 Å². The van der Waals surface area contributed by atoms with Gasteiger partial charge in [-0.2, -0.15) is 0 Å². The molecule has 4 heteroatoms. The number of hydrogen-bond acceptors (Lipinski definition) is 2. The molecule has 0 bridgehead atoms. The van der Waals surface area contributed by atoms with Crippen molar-refractivity contribution in [1.29, 1.82) is 0 Å². The molecule has 104 valence electrons. The molecule has 0 saturated heterocycles. The molecule has 0 fully saturated rings. The number of aryl methyl sites for hydroxylation is 2. The van der Waals surface area contributed by atoms with Crippen LogP contribution in [0.1, 0.15) is 17.5 Å². The summed E-state index contributed by atoms with van der Waals surface area (Å²) in [5.41, 5.74) is 8.29. The van der Waals surface area contributed by atoms with Crippen LogP contribution in [0.25, 0.3) is 0 Å². The number of carbonyl (C=O) groups excluding carboxylic acids is 1. The van der Waals surface area contributed by atoms with Gasteiger partial charge in [0.05, 0.1) is 5.69 Å². The second kappa shape index (κ2) is 6.19. The van der Waals surface area contributed by atoms with Crippen molar-refractivity contribution >= 4 is 17.3 Å². The van der Waals surface area contributed by atoms with Gasteiger partial charge in [0.2, 0.25) is 5.91 Å². The third kappa shape index (κ3) is 3.57. The SMILES string of the molecule is Cc1cccc(F)c1NC(=O)CCc1ccc(N)cc1. The van der Waals surface area contributed by atoms with Gasteiger partial charge in [-0.05, 0) is 42.7 Å². The number of nitrogen functional groups attached to an aromatic ring is 1. The van der Waals surface area contributed by atoms with Crippen molar-refractivity contribution in [2.24, 2.45) is 0 Å². The van der Waals surface area contributed by atoms with Crippen LogP contribution in [0, 0.1) is 12.7 Å². The molecule has 0 aliphatic rings. The van der Waals surface area contributed by atoms with Crippen molar-refractivity contribution in [3.63, 3.8) is 0 Å². The molecule has 0 saturated carbocycles.